The molecule has 1 fully saturated rings. The van der Waals surface area contributed by atoms with E-state index >= 15 is 0 Å². The molecule has 1 aliphatic carbocycles. The van der Waals surface area contributed by atoms with Gasteiger partial charge in [-0.25, -0.2) is 0 Å². The molecule has 0 bridgehead atoms. The van der Waals surface area contributed by atoms with E-state index in [9.17, 15) is 0 Å². The largest absolute Gasteiger partial charge is 0.350 e. The minimum atomic E-state index is -0.242. The Balaban J connectivity index is 2.22. The zero-order valence-electron chi connectivity index (χ0n) is 15.7. The van der Waals surface area contributed by atoms with Crippen LogP contribution in [0.1, 0.15) is 98.3 Å². The average Bonchev–Trinajstić information content (AvgIpc) is 2.47. The number of unbranched alkanes of at least 4 members (excludes halogenated alkanes) is 2. The predicted octanol–water partition coefficient (Wildman–Crippen LogP) is 6.33. The Kier molecular flexibility index (Phi) is 10.4. The lowest BCUT2D eigenvalue weighted by molar-refractivity contribution is -0.253. The summed E-state index contributed by atoms with van der Waals surface area (Å²) in [5.74, 6) is 1.37. The van der Waals surface area contributed by atoms with Crippen LogP contribution in [-0.4, -0.2) is 19.0 Å². The summed E-state index contributed by atoms with van der Waals surface area (Å²) < 4.78 is 12.5. The first-order valence-electron chi connectivity index (χ1n) is 9.82. The molecule has 0 N–H and O–H groups in total. The van der Waals surface area contributed by atoms with Gasteiger partial charge in [-0.2, -0.15) is 0 Å². The molecule has 0 heterocycles. The zero-order chi connectivity index (χ0) is 16.3. The third-order valence-electron chi connectivity index (χ3n) is 4.70. The zero-order valence-corrected chi connectivity index (χ0v) is 15.7. The lowest BCUT2D eigenvalue weighted by atomic mass is 9.94. The van der Waals surface area contributed by atoms with Gasteiger partial charge in [0.05, 0.1) is 13.2 Å². The predicted molar refractivity (Wildman–Crippen MR) is 95.1 cm³/mol. The van der Waals surface area contributed by atoms with E-state index in [4.69, 9.17) is 9.47 Å². The molecule has 0 aromatic heterocycles. The van der Waals surface area contributed by atoms with Gasteiger partial charge in [-0.3, -0.25) is 0 Å². The van der Waals surface area contributed by atoms with Gasteiger partial charge in [-0.1, -0.05) is 59.8 Å². The van der Waals surface area contributed by atoms with Crippen molar-refractivity contribution < 1.29 is 9.47 Å². The standard InChI is InChI=1S/C20H40O2/c1-18(2)12-6-10-16-21-20(14-8-5-9-15-20)22-17-11-7-13-19(3)4/h18-19H,5-17H2,1-4H3. The highest BCUT2D eigenvalue weighted by Crippen LogP contribution is 2.33. The summed E-state index contributed by atoms with van der Waals surface area (Å²) in [6, 6.07) is 0. The highest BCUT2D eigenvalue weighted by Gasteiger charge is 2.33. The van der Waals surface area contributed by atoms with Crippen LogP contribution < -0.4 is 0 Å². The number of hydrogen-bond donors (Lipinski definition) is 0. The van der Waals surface area contributed by atoms with E-state index in [1.165, 1.54) is 57.8 Å². The van der Waals surface area contributed by atoms with E-state index < -0.39 is 0 Å². The minimum Gasteiger partial charge on any atom is -0.350 e. The summed E-state index contributed by atoms with van der Waals surface area (Å²) in [6.45, 7) is 10.9. The molecule has 0 aliphatic heterocycles. The topological polar surface area (TPSA) is 18.5 Å². The Morgan fingerprint density at radius 2 is 1.14 bits per heavy atom. The van der Waals surface area contributed by atoms with Gasteiger partial charge in [0.1, 0.15) is 0 Å². The maximum absolute atomic E-state index is 6.26. The lowest BCUT2D eigenvalue weighted by Gasteiger charge is -2.37. The molecule has 0 aromatic carbocycles. The third-order valence-corrected chi connectivity index (χ3v) is 4.70. The van der Waals surface area contributed by atoms with E-state index in [2.05, 4.69) is 27.7 Å². The molecule has 2 nitrogen and oxygen atoms in total. The summed E-state index contributed by atoms with van der Waals surface area (Å²) in [5, 5.41) is 0. The van der Waals surface area contributed by atoms with Crippen LogP contribution in [0.5, 0.6) is 0 Å². The normalized spacial score (nSPS) is 18.3. The summed E-state index contributed by atoms with van der Waals surface area (Å²) in [7, 11) is 0. The SMILES string of the molecule is CC(C)CCCCOC1(OCCCCC(C)C)CCCCC1. The van der Waals surface area contributed by atoms with Gasteiger partial charge >= 0.3 is 0 Å². The highest BCUT2D eigenvalue weighted by atomic mass is 16.7. The highest BCUT2D eigenvalue weighted by molar-refractivity contribution is 4.75. The Labute approximate surface area is 139 Å². The second kappa shape index (κ2) is 11.5. The van der Waals surface area contributed by atoms with Crippen molar-refractivity contribution in [3.8, 4) is 0 Å². The Morgan fingerprint density at radius 3 is 1.55 bits per heavy atom. The fourth-order valence-corrected chi connectivity index (χ4v) is 3.25. The molecule has 0 saturated heterocycles. The van der Waals surface area contributed by atoms with Crippen LogP contribution in [0.4, 0.5) is 0 Å². The summed E-state index contributed by atoms with van der Waals surface area (Å²) in [6.07, 6.45) is 13.6. The van der Waals surface area contributed by atoms with Crippen LogP contribution >= 0.6 is 0 Å². The minimum absolute atomic E-state index is 0.242. The molecule has 132 valence electrons. The van der Waals surface area contributed by atoms with Crippen molar-refractivity contribution >= 4 is 0 Å². The Morgan fingerprint density at radius 1 is 0.682 bits per heavy atom. The number of hydrogen-bond acceptors (Lipinski definition) is 2. The molecule has 1 saturated carbocycles. The van der Waals surface area contributed by atoms with Crippen molar-refractivity contribution in [2.24, 2.45) is 11.8 Å². The number of rotatable bonds is 12. The maximum Gasteiger partial charge on any atom is 0.168 e. The molecule has 0 unspecified atom stereocenters. The van der Waals surface area contributed by atoms with Crippen molar-refractivity contribution in [3.63, 3.8) is 0 Å². The van der Waals surface area contributed by atoms with Gasteiger partial charge in [-0.05, 0) is 37.5 Å². The summed E-state index contributed by atoms with van der Waals surface area (Å²) >= 11 is 0. The van der Waals surface area contributed by atoms with Crippen molar-refractivity contribution in [2.75, 3.05) is 13.2 Å². The molecule has 0 radical (unpaired) electrons. The molecule has 0 aromatic rings. The van der Waals surface area contributed by atoms with E-state index in [1.54, 1.807) is 0 Å². The molecule has 1 rings (SSSR count). The molecule has 22 heavy (non-hydrogen) atoms. The molecule has 0 atom stereocenters. The van der Waals surface area contributed by atoms with Gasteiger partial charge in [0.15, 0.2) is 5.79 Å². The van der Waals surface area contributed by atoms with Crippen molar-refractivity contribution in [1.82, 2.24) is 0 Å². The van der Waals surface area contributed by atoms with E-state index in [-0.39, 0.29) is 5.79 Å². The van der Waals surface area contributed by atoms with Crippen LogP contribution in [0.15, 0.2) is 0 Å². The third kappa shape index (κ3) is 9.15. The van der Waals surface area contributed by atoms with E-state index in [0.29, 0.717) is 0 Å². The van der Waals surface area contributed by atoms with Crippen molar-refractivity contribution in [1.29, 1.82) is 0 Å². The second-order valence-electron chi connectivity index (χ2n) is 7.95. The molecule has 2 heteroatoms. The second-order valence-corrected chi connectivity index (χ2v) is 7.95. The van der Waals surface area contributed by atoms with Crippen molar-refractivity contribution in [3.05, 3.63) is 0 Å². The average molecular weight is 313 g/mol. The summed E-state index contributed by atoms with van der Waals surface area (Å²) in [4.78, 5) is 0. The molecule has 1 aliphatic rings. The Bertz CT molecular complexity index is 234. The maximum atomic E-state index is 6.26. The molecule has 0 amide bonds. The van der Waals surface area contributed by atoms with Gasteiger partial charge in [0.25, 0.3) is 0 Å². The first-order valence-corrected chi connectivity index (χ1v) is 9.82. The molecular weight excluding hydrogens is 272 g/mol. The molecular formula is C20H40O2. The number of ether oxygens (including phenoxy) is 2. The van der Waals surface area contributed by atoms with Crippen LogP contribution in [-0.2, 0) is 9.47 Å². The van der Waals surface area contributed by atoms with Gasteiger partial charge in [-0.15, -0.1) is 0 Å². The van der Waals surface area contributed by atoms with Crippen LogP contribution in [0, 0.1) is 11.8 Å². The first-order chi connectivity index (χ1) is 10.5. The fourth-order valence-electron chi connectivity index (χ4n) is 3.25. The van der Waals surface area contributed by atoms with Crippen LogP contribution in [0.25, 0.3) is 0 Å². The lowest BCUT2D eigenvalue weighted by Crippen LogP contribution is -2.38. The van der Waals surface area contributed by atoms with E-state index in [1.807, 2.05) is 0 Å². The van der Waals surface area contributed by atoms with E-state index in [0.717, 1.165) is 37.9 Å². The smallest absolute Gasteiger partial charge is 0.168 e. The first kappa shape index (κ1) is 20.0. The van der Waals surface area contributed by atoms with Gasteiger partial charge in [0, 0.05) is 12.8 Å². The monoisotopic (exact) mass is 312 g/mol. The van der Waals surface area contributed by atoms with Gasteiger partial charge in [0.2, 0.25) is 0 Å². The van der Waals surface area contributed by atoms with Gasteiger partial charge < -0.3 is 9.47 Å². The summed E-state index contributed by atoms with van der Waals surface area (Å²) in [5.41, 5.74) is 0. The van der Waals surface area contributed by atoms with Crippen molar-refractivity contribution in [2.45, 2.75) is 104 Å². The fraction of sp³-hybridized carbons (Fsp3) is 1.00. The van der Waals surface area contributed by atoms with Crippen LogP contribution in [0.3, 0.4) is 0 Å². The quantitative estimate of drug-likeness (QED) is 0.309. The Hall–Kier alpha value is -0.0800. The molecule has 0 spiro atoms. The van der Waals surface area contributed by atoms with Crippen LogP contribution in [0.2, 0.25) is 0 Å².